The zero-order valence-corrected chi connectivity index (χ0v) is 13.3. The van der Waals surface area contributed by atoms with E-state index in [1.54, 1.807) is 4.68 Å². The average molecular weight is 344 g/mol. The number of aryl methyl sites for hydroxylation is 2. The molecule has 0 bridgehead atoms. The van der Waals surface area contributed by atoms with E-state index in [0.29, 0.717) is 11.5 Å². The number of nitrogens with two attached hydrogens (primary N) is 1. The molecule has 0 radical (unpaired) electrons. The first-order chi connectivity index (χ1) is 10.1. The van der Waals surface area contributed by atoms with Crippen molar-refractivity contribution in [3.8, 4) is 17.1 Å². The standard InChI is InChI=1S/C15H14BrN5/c1-9-3-6-14(10(2)7-9)21-15(18-19-20-21)12-8-11(17)4-5-13(12)16/h3-8H,17H2,1-2H3. The van der Waals surface area contributed by atoms with Crippen LogP contribution in [0.2, 0.25) is 0 Å². The molecule has 0 amide bonds. The molecule has 0 spiro atoms. The summed E-state index contributed by atoms with van der Waals surface area (Å²) in [5.74, 6) is 0.654. The summed E-state index contributed by atoms with van der Waals surface area (Å²) in [6.45, 7) is 4.11. The van der Waals surface area contributed by atoms with Crippen molar-refractivity contribution in [3.05, 3.63) is 52.0 Å². The van der Waals surface area contributed by atoms with Gasteiger partial charge in [-0.1, -0.05) is 33.6 Å². The van der Waals surface area contributed by atoms with E-state index in [1.807, 2.05) is 37.3 Å². The number of hydrogen-bond donors (Lipinski definition) is 1. The summed E-state index contributed by atoms with van der Waals surface area (Å²) in [7, 11) is 0. The molecule has 2 aromatic carbocycles. The van der Waals surface area contributed by atoms with Crippen LogP contribution in [0.3, 0.4) is 0 Å². The molecule has 21 heavy (non-hydrogen) atoms. The van der Waals surface area contributed by atoms with Gasteiger partial charge < -0.3 is 5.73 Å². The van der Waals surface area contributed by atoms with E-state index in [4.69, 9.17) is 5.73 Å². The number of aromatic nitrogens is 4. The molecule has 0 saturated heterocycles. The quantitative estimate of drug-likeness (QED) is 0.725. The molecule has 0 aliphatic rings. The maximum absolute atomic E-state index is 5.87. The number of anilines is 1. The molecule has 3 aromatic rings. The minimum absolute atomic E-state index is 0.654. The summed E-state index contributed by atoms with van der Waals surface area (Å²) < 4.78 is 2.63. The highest BCUT2D eigenvalue weighted by atomic mass is 79.9. The van der Waals surface area contributed by atoms with Gasteiger partial charge in [-0.25, -0.2) is 0 Å². The molecule has 0 unspecified atom stereocenters. The summed E-state index contributed by atoms with van der Waals surface area (Å²) in [6.07, 6.45) is 0. The number of nitrogens with zero attached hydrogens (tertiary/aromatic N) is 4. The van der Waals surface area contributed by atoms with E-state index < -0.39 is 0 Å². The Labute approximate surface area is 130 Å². The third-order valence-corrected chi connectivity index (χ3v) is 3.97. The van der Waals surface area contributed by atoms with Gasteiger partial charge in [0.15, 0.2) is 5.82 Å². The maximum atomic E-state index is 5.87. The topological polar surface area (TPSA) is 69.6 Å². The van der Waals surface area contributed by atoms with E-state index >= 15 is 0 Å². The molecule has 0 fully saturated rings. The Morgan fingerprint density at radius 2 is 1.90 bits per heavy atom. The number of tetrazole rings is 1. The molecular formula is C15H14BrN5. The van der Waals surface area contributed by atoms with E-state index in [0.717, 1.165) is 21.3 Å². The molecule has 0 atom stereocenters. The molecule has 6 heteroatoms. The van der Waals surface area contributed by atoms with Gasteiger partial charge in [0, 0.05) is 15.7 Å². The second kappa shape index (κ2) is 5.29. The number of halogens is 1. The average Bonchev–Trinajstić information content (AvgIpc) is 2.90. The van der Waals surface area contributed by atoms with Crippen LogP contribution in [0.5, 0.6) is 0 Å². The molecule has 1 heterocycles. The Kier molecular flexibility index (Phi) is 3.47. The summed E-state index contributed by atoms with van der Waals surface area (Å²) in [6, 6.07) is 11.8. The van der Waals surface area contributed by atoms with Crippen LogP contribution in [-0.2, 0) is 0 Å². The van der Waals surface area contributed by atoms with Crippen molar-refractivity contribution in [2.45, 2.75) is 13.8 Å². The van der Waals surface area contributed by atoms with Crippen molar-refractivity contribution in [2.24, 2.45) is 0 Å². The third kappa shape index (κ3) is 2.54. The molecule has 0 saturated carbocycles. The summed E-state index contributed by atoms with van der Waals surface area (Å²) in [5.41, 5.74) is 10.7. The van der Waals surface area contributed by atoms with Crippen LogP contribution < -0.4 is 5.73 Å². The SMILES string of the molecule is Cc1ccc(-n2nnnc2-c2cc(N)ccc2Br)c(C)c1. The van der Waals surface area contributed by atoms with Gasteiger partial charge in [0.05, 0.1) is 5.69 Å². The lowest BCUT2D eigenvalue weighted by atomic mass is 10.1. The van der Waals surface area contributed by atoms with E-state index in [9.17, 15) is 0 Å². The predicted molar refractivity (Wildman–Crippen MR) is 86.2 cm³/mol. The van der Waals surface area contributed by atoms with Crippen LogP contribution >= 0.6 is 15.9 Å². The summed E-state index contributed by atoms with van der Waals surface area (Å²) in [5, 5.41) is 12.1. The highest BCUT2D eigenvalue weighted by molar-refractivity contribution is 9.10. The Balaban J connectivity index is 2.19. The lowest BCUT2D eigenvalue weighted by Gasteiger charge is -2.10. The van der Waals surface area contributed by atoms with Crippen molar-refractivity contribution in [2.75, 3.05) is 5.73 Å². The fraction of sp³-hybridized carbons (Fsp3) is 0.133. The zero-order valence-electron chi connectivity index (χ0n) is 11.7. The predicted octanol–water partition coefficient (Wildman–Crippen LogP) is 3.29. The van der Waals surface area contributed by atoms with Crippen LogP contribution in [0, 0.1) is 13.8 Å². The minimum atomic E-state index is 0.654. The van der Waals surface area contributed by atoms with E-state index in [2.05, 4.69) is 44.4 Å². The van der Waals surface area contributed by atoms with Gasteiger partial charge in [0.25, 0.3) is 0 Å². The number of hydrogen-bond acceptors (Lipinski definition) is 4. The minimum Gasteiger partial charge on any atom is -0.399 e. The molecule has 2 N–H and O–H groups in total. The molecular weight excluding hydrogens is 330 g/mol. The van der Waals surface area contributed by atoms with Crippen molar-refractivity contribution >= 4 is 21.6 Å². The van der Waals surface area contributed by atoms with Gasteiger partial charge in [0.2, 0.25) is 0 Å². The lowest BCUT2D eigenvalue weighted by Crippen LogP contribution is -2.03. The Bertz CT molecular complexity index is 810. The van der Waals surface area contributed by atoms with Crippen LogP contribution in [-0.4, -0.2) is 20.2 Å². The molecule has 3 rings (SSSR count). The molecule has 1 aromatic heterocycles. The van der Waals surface area contributed by atoms with Gasteiger partial charge in [0.1, 0.15) is 0 Å². The highest BCUT2D eigenvalue weighted by Crippen LogP contribution is 2.30. The fourth-order valence-corrected chi connectivity index (χ4v) is 2.70. The first-order valence-electron chi connectivity index (χ1n) is 6.47. The molecule has 0 aliphatic heterocycles. The number of nitrogen functional groups attached to an aromatic ring is 1. The number of benzene rings is 2. The fourth-order valence-electron chi connectivity index (χ4n) is 2.27. The second-order valence-electron chi connectivity index (χ2n) is 4.94. The summed E-state index contributed by atoms with van der Waals surface area (Å²) in [4.78, 5) is 0. The van der Waals surface area contributed by atoms with Crippen molar-refractivity contribution in [1.82, 2.24) is 20.2 Å². The third-order valence-electron chi connectivity index (χ3n) is 3.28. The molecule has 5 nitrogen and oxygen atoms in total. The first kappa shape index (κ1) is 13.8. The Hall–Kier alpha value is -2.21. The normalized spacial score (nSPS) is 10.8. The Morgan fingerprint density at radius 1 is 1.10 bits per heavy atom. The Morgan fingerprint density at radius 3 is 2.67 bits per heavy atom. The van der Waals surface area contributed by atoms with Crippen molar-refractivity contribution < 1.29 is 0 Å². The second-order valence-corrected chi connectivity index (χ2v) is 5.80. The van der Waals surface area contributed by atoms with Gasteiger partial charge in [-0.3, -0.25) is 0 Å². The van der Waals surface area contributed by atoms with E-state index in [1.165, 1.54) is 5.56 Å². The smallest absolute Gasteiger partial charge is 0.188 e. The van der Waals surface area contributed by atoms with E-state index in [-0.39, 0.29) is 0 Å². The number of rotatable bonds is 2. The first-order valence-corrected chi connectivity index (χ1v) is 7.27. The van der Waals surface area contributed by atoms with Crippen LogP contribution in [0.15, 0.2) is 40.9 Å². The molecule has 106 valence electrons. The summed E-state index contributed by atoms with van der Waals surface area (Å²) >= 11 is 3.52. The van der Waals surface area contributed by atoms with Crippen molar-refractivity contribution in [3.63, 3.8) is 0 Å². The largest absolute Gasteiger partial charge is 0.399 e. The van der Waals surface area contributed by atoms with Crippen molar-refractivity contribution in [1.29, 1.82) is 0 Å². The lowest BCUT2D eigenvalue weighted by molar-refractivity contribution is 0.787. The monoisotopic (exact) mass is 343 g/mol. The molecule has 0 aliphatic carbocycles. The van der Waals surface area contributed by atoms with Crippen LogP contribution in [0.4, 0.5) is 5.69 Å². The maximum Gasteiger partial charge on any atom is 0.188 e. The van der Waals surface area contributed by atoms with Gasteiger partial charge >= 0.3 is 0 Å². The van der Waals surface area contributed by atoms with Gasteiger partial charge in [-0.2, -0.15) is 4.68 Å². The highest BCUT2D eigenvalue weighted by Gasteiger charge is 2.15. The zero-order chi connectivity index (χ0) is 15.0. The van der Waals surface area contributed by atoms with Gasteiger partial charge in [-0.05, 0) is 54.1 Å². The van der Waals surface area contributed by atoms with Crippen LogP contribution in [0.1, 0.15) is 11.1 Å². The van der Waals surface area contributed by atoms with Crippen LogP contribution in [0.25, 0.3) is 17.1 Å². The van der Waals surface area contributed by atoms with Gasteiger partial charge in [-0.15, -0.1) is 5.10 Å².